The lowest BCUT2D eigenvalue weighted by molar-refractivity contribution is 0.158. The monoisotopic (exact) mass is 414 g/mol. The maximum absolute atomic E-state index is 12.4. The van der Waals surface area contributed by atoms with Crippen LogP contribution >= 0.6 is 11.3 Å². The molecule has 5 nitrogen and oxygen atoms in total. The van der Waals surface area contributed by atoms with Crippen molar-refractivity contribution in [3.8, 4) is 28.1 Å². The van der Waals surface area contributed by atoms with Crippen LogP contribution in [0.5, 0.6) is 5.75 Å². The van der Waals surface area contributed by atoms with Crippen LogP contribution in [0.15, 0.2) is 78.2 Å². The highest BCUT2D eigenvalue weighted by atomic mass is 32.1. The zero-order valence-corrected chi connectivity index (χ0v) is 16.7. The van der Waals surface area contributed by atoms with E-state index in [9.17, 15) is 9.90 Å². The van der Waals surface area contributed by atoms with Gasteiger partial charge in [-0.1, -0.05) is 60.7 Å². The minimum atomic E-state index is -0.534. The van der Waals surface area contributed by atoms with E-state index >= 15 is 0 Å². The van der Waals surface area contributed by atoms with Crippen LogP contribution in [0.1, 0.15) is 17.0 Å². The molecule has 148 valence electrons. The highest BCUT2D eigenvalue weighted by molar-refractivity contribution is 7.14. The molecule has 3 aromatic carbocycles. The fraction of sp³-hybridized carbons (Fsp3) is 0.0833. The minimum Gasteiger partial charge on any atom is -0.508 e. The number of phenolic OH excluding ortho intramolecular Hbond substituents is 1. The second-order valence-electron chi connectivity index (χ2n) is 7.04. The van der Waals surface area contributed by atoms with Crippen molar-refractivity contribution >= 4 is 22.6 Å². The molecule has 0 saturated heterocycles. The molecule has 4 aromatic rings. The van der Waals surface area contributed by atoms with Gasteiger partial charge in [0, 0.05) is 16.9 Å². The van der Waals surface area contributed by atoms with Gasteiger partial charge in [0.2, 0.25) is 0 Å². The molecule has 1 aliphatic carbocycles. The van der Waals surface area contributed by atoms with E-state index in [0.29, 0.717) is 10.8 Å². The first-order valence-corrected chi connectivity index (χ1v) is 10.4. The van der Waals surface area contributed by atoms with Crippen molar-refractivity contribution in [3.63, 3.8) is 0 Å². The molecule has 30 heavy (non-hydrogen) atoms. The fourth-order valence-electron chi connectivity index (χ4n) is 3.85. The molecule has 0 saturated carbocycles. The third-order valence-corrected chi connectivity index (χ3v) is 5.96. The number of ether oxygens (including phenoxy) is 1. The summed E-state index contributed by atoms with van der Waals surface area (Å²) in [4.78, 5) is 16.8. The van der Waals surface area contributed by atoms with Crippen molar-refractivity contribution < 1.29 is 14.6 Å². The standard InChI is InChI=1S/C24H18N2O3S/c27-16-7-5-6-15(12-16)22-14-30-23(25-22)26-24(28)29-13-21-19-10-3-1-8-17(19)18-9-2-4-11-20(18)21/h1-12,14,21,27H,13H2,(H,25,26,28). The van der Waals surface area contributed by atoms with Gasteiger partial charge in [-0.3, -0.25) is 5.32 Å². The van der Waals surface area contributed by atoms with Crippen molar-refractivity contribution in [3.05, 3.63) is 89.3 Å². The molecule has 2 N–H and O–H groups in total. The van der Waals surface area contributed by atoms with Gasteiger partial charge in [-0.2, -0.15) is 0 Å². The SMILES string of the molecule is O=C(Nc1nc(-c2cccc(O)c2)cs1)OCC1c2ccccc2-c2ccccc21. The number of aromatic hydroxyl groups is 1. The Morgan fingerprint density at radius 2 is 1.70 bits per heavy atom. The number of thiazole rings is 1. The molecule has 1 aromatic heterocycles. The number of benzene rings is 3. The lowest BCUT2D eigenvalue weighted by Gasteiger charge is -2.14. The number of nitrogens with zero attached hydrogens (tertiary/aromatic N) is 1. The van der Waals surface area contributed by atoms with E-state index in [4.69, 9.17) is 4.74 Å². The van der Waals surface area contributed by atoms with Crippen molar-refractivity contribution in [2.75, 3.05) is 11.9 Å². The van der Waals surface area contributed by atoms with Crippen LogP contribution in [0, 0.1) is 0 Å². The Hall–Kier alpha value is -3.64. The summed E-state index contributed by atoms with van der Waals surface area (Å²) in [5, 5.41) is 14.6. The molecule has 0 aliphatic heterocycles. The first kappa shape index (κ1) is 18.4. The van der Waals surface area contributed by atoms with Crippen molar-refractivity contribution in [1.82, 2.24) is 4.98 Å². The quantitative estimate of drug-likeness (QED) is 0.438. The van der Waals surface area contributed by atoms with Crippen LogP contribution in [-0.4, -0.2) is 22.8 Å². The summed E-state index contributed by atoms with van der Waals surface area (Å²) in [5.74, 6) is 0.189. The van der Waals surface area contributed by atoms with E-state index in [1.807, 2.05) is 35.7 Å². The molecule has 1 aliphatic rings. The maximum Gasteiger partial charge on any atom is 0.413 e. The van der Waals surface area contributed by atoms with Gasteiger partial charge < -0.3 is 9.84 Å². The number of amides is 1. The van der Waals surface area contributed by atoms with Gasteiger partial charge in [-0.15, -0.1) is 11.3 Å². The summed E-state index contributed by atoms with van der Waals surface area (Å²) in [5.41, 5.74) is 6.20. The number of hydrogen-bond donors (Lipinski definition) is 2. The van der Waals surface area contributed by atoms with Crippen molar-refractivity contribution in [2.45, 2.75) is 5.92 Å². The van der Waals surface area contributed by atoms with Crippen molar-refractivity contribution in [2.24, 2.45) is 0 Å². The summed E-state index contributed by atoms with van der Waals surface area (Å²) < 4.78 is 5.55. The number of fused-ring (bicyclic) bond motifs is 3. The topological polar surface area (TPSA) is 71.5 Å². The number of hydrogen-bond acceptors (Lipinski definition) is 5. The summed E-state index contributed by atoms with van der Waals surface area (Å²) in [6.07, 6.45) is -0.534. The number of nitrogens with one attached hydrogen (secondary N) is 1. The number of rotatable bonds is 4. The average molecular weight is 414 g/mol. The van der Waals surface area contributed by atoms with E-state index in [-0.39, 0.29) is 18.3 Å². The zero-order chi connectivity index (χ0) is 20.5. The summed E-state index contributed by atoms with van der Waals surface area (Å²) in [6.45, 7) is 0.255. The largest absolute Gasteiger partial charge is 0.508 e. The molecular weight excluding hydrogens is 396 g/mol. The smallest absolute Gasteiger partial charge is 0.413 e. The predicted octanol–water partition coefficient (Wildman–Crippen LogP) is 5.88. The van der Waals surface area contributed by atoms with Gasteiger partial charge in [0.05, 0.1) is 5.69 Å². The molecule has 0 atom stereocenters. The first-order chi connectivity index (χ1) is 14.7. The normalized spacial score (nSPS) is 12.3. The van der Waals surface area contributed by atoms with E-state index in [0.717, 1.165) is 5.56 Å². The molecule has 0 unspecified atom stereocenters. The van der Waals surface area contributed by atoms with E-state index in [2.05, 4.69) is 34.6 Å². The Morgan fingerprint density at radius 3 is 2.40 bits per heavy atom. The minimum absolute atomic E-state index is 0.0160. The number of phenols is 1. The van der Waals surface area contributed by atoms with Crippen LogP contribution in [0.25, 0.3) is 22.4 Å². The predicted molar refractivity (Wildman–Crippen MR) is 118 cm³/mol. The summed E-state index contributed by atoms with van der Waals surface area (Å²) in [7, 11) is 0. The highest BCUT2D eigenvalue weighted by Gasteiger charge is 2.29. The Morgan fingerprint density at radius 1 is 1.00 bits per heavy atom. The van der Waals surface area contributed by atoms with E-state index < -0.39 is 6.09 Å². The van der Waals surface area contributed by atoms with Crippen LogP contribution in [0.3, 0.4) is 0 Å². The first-order valence-electron chi connectivity index (χ1n) is 9.56. The molecular formula is C24H18N2O3S. The summed E-state index contributed by atoms with van der Waals surface area (Å²) >= 11 is 1.31. The molecule has 0 radical (unpaired) electrons. The van der Waals surface area contributed by atoms with Crippen LogP contribution in [0.4, 0.5) is 9.93 Å². The van der Waals surface area contributed by atoms with Gasteiger partial charge in [-0.25, -0.2) is 9.78 Å². The number of aromatic nitrogens is 1. The fourth-order valence-corrected chi connectivity index (χ4v) is 4.56. The third kappa shape index (κ3) is 3.42. The Labute approximate surface area is 177 Å². The Bertz CT molecular complexity index is 1190. The number of carbonyl (C=O) groups is 1. The van der Waals surface area contributed by atoms with Gasteiger partial charge >= 0.3 is 6.09 Å². The Balaban J connectivity index is 1.27. The van der Waals surface area contributed by atoms with Gasteiger partial charge in [0.25, 0.3) is 0 Å². The second-order valence-corrected chi connectivity index (χ2v) is 7.90. The van der Waals surface area contributed by atoms with E-state index in [1.54, 1.807) is 18.2 Å². The van der Waals surface area contributed by atoms with Gasteiger partial charge in [0.1, 0.15) is 12.4 Å². The van der Waals surface area contributed by atoms with Crippen LogP contribution in [-0.2, 0) is 4.74 Å². The molecule has 1 amide bonds. The highest BCUT2D eigenvalue weighted by Crippen LogP contribution is 2.44. The van der Waals surface area contributed by atoms with Crippen molar-refractivity contribution in [1.29, 1.82) is 0 Å². The van der Waals surface area contributed by atoms with Gasteiger partial charge in [0.15, 0.2) is 5.13 Å². The molecule has 0 spiro atoms. The molecule has 0 fully saturated rings. The molecule has 6 heteroatoms. The number of carbonyl (C=O) groups excluding carboxylic acids is 1. The van der Waals surface area contributed by atoms with E-state index in [1.165, 1.54) is 33.6 Å². The second kappa shape index (κ2) is 7.65. The lowest BCUT2D eigenvalue weighted by atomic mass is 9.98. The number of anilines is 1. The zero-order valence-electron chi connectivity index (χ0n) is 15.9. The average Bonchev–Trinajstić information content (AvgIpc) is 3.35. The lowest BCUT2D eigenvalue weighted by Crippen LogP contribution is -2.17. The maximum atomic E-state index is 12.4. The summed E-state index contributed by atoms with van der Waals surface area (Å²) in [6, 6.07) is 23.3. The molecule has 0 bridgehead atoms. The molecule has 1 heterocycles. The van der Waals surface area contributed by atoms with Gasteiger partial charge in [-0.05, 0) is 34.4 Å². The van der Waals surface area contributed by atoms with Crippen LogP contribution in [0.2, 0.25) is 0 Å². The Kier molecular flexibility index (Phi) is 4.69. The van der Waals surface area contributed by atoms with Crippen LogP contribution < -0.4 is 5.32 Å². The molecule has 5 rings (SSSR count). The third-order valence-electron chi connectivity index (χ3n) is 5.20.